The van der Waals surface area contributed by atoms with E-state index >= 15 is 0 Å². The van der Waals surface area contributed by atoms with Crippen LogP contribution in [0.15, 0.2) is 84.9 Å². The van der Waals surface area contributed by atoms with E-state index < -0.39 is 11.9 Å². The zero-order chi connectivity index (χ0) is 25.2. The number of carbonyl (C=O) groups is 3. The minimum absolute atomic E-state index is 0. The Bertz CT molecular complexity index is 1420. The number of carboxylic acid groups (broad SMARTS) is 1. The smallest absolute Gasteiger partial charge is 0.312 e. The molecule has 0 bridgehead atoms. The average molecular weight is 497 g/mol. The van der Waals surface area contributed by atoms with E-state index in [-0.39, 0.29) is 19.0 Å². The molecule has 2 aliphatic rings. The summed E-state index contributed by atoms with van der Waals surface area (Å²) in [5.41, 5.74) is 4.83. The number of carbonyl (C=O) groups excluding carboxylic acids is 2. The van der Waals surface area contributed by atoms with Crippen molar-refractivity contribution in [1.29, 1.82) is 0 Å². The van der Waals surface area contributed by atoms with Gasteiger partial charge in [-0.2, -0.15) is 0 Å². The maximum Gasteiger partial charge on any atom is 0.312 e. The first-order valence-electron chi connectivity index (χ1n) is 12.3. The molecule has 190 valence electrons. The first kappa shape index (κ1) is 25.9. The van der Waals surface area contributed by atoms with Crippen molar-refractivity contribution in [3.63, 3.8) is 0 Å². The molecule has 2 aromatic carbocycles. The number of fused-ring (bicyclic) bond motifs is 2. The lowest BCUT2D eigenvalue weighted by Gasteiger charge is -2.05. The molecule has 1 N–H and O–H groups in total. The van der Waals surface area contributed by atoms with Gasteiger partial charge in [-0.15, -0.1) is 0 Å². The van der Waals surface area contributed by atoms with Crippen molar-refractivity contribution >= 4 is 17.5 Å². The Balaban J connectivity index is 0.000000169. The van der Waals surface area contributed by atoms with Crippen molar-refractivity contribution in [2.75, 3.05) is 0 Å². The normalized spacial score (nSPS) is 17.1. The zero-order valence-electron chi connectivity index (χ0n) is 20.1. The highest BCUT2D eigenvalue weighted by atomic mass is 16.4. The number of rotatable bonds is 5. The summed E-state index contributed by atoms with van der Waals surface area (Å²) in [6.45, 7) is 3.78. The second-order valence-corrected chi connectivity index (χ2v) is 9.35. The standard InChI is InChI=1S/C15H13NO3.C15H15NO.CH4/c17-14(10-4-2-1-3-5-10)13-7-6-12-11(15(18)19)8-9-16(12)13;1-11-9-10-16-13(11)7-8-14(16)15(17)12-5-3-2-4-6-12;/h1-7,11H,8-9H2,(H,18,19);2-8,11H,9-10H2,1H3;1H4. The van der Waals surface area contributed by atoms with Gasteiger partial charge < -0.3 is 14.2 Å². The first-order valence-corrected chi connectivity index (χ1v) is 12.3. The highest BCUT2D eigenvalue weighted by Crippen LogP contribution is 2.32. The number of hydrogen-bond donors (Lipinski definition) is 1. The molecule has 4 aromatic rings. The molecule has 0 saturated heterocycles. The minimum atomic E-state index is -0.824. The molecular formula is C31H32N2O4. The molecule has 0 aliphatic carbocycles. The van der Waals surface area contributed by atoms with E-state index in [1.54, 1.807) is 24.3 Å². The molecule has 0 amide bonds. The number of ketones is 2. The molecule has 0 radical (unpaired) electrons. The van der Waals surface area contributed by atoms with Gasteiger partial charge in [0.1, 0.15) is 0 Å². The molecule has 2 atom stereocenters. The summed E-state index contributed by atoms with van der Waals surface area (Å²) < 4.78 is 3.99. The van der Waals surface area contributed by atoms with Crippen molar-refractivity contribution in [2.45, 2.75) is 52.1 Å². The second-order valence-electron chi connectivity index (χ2n) is 9.35. The fourth-order valence-corrected chi connectivity index (χ4v) is 5.20. The summed E-state index contributed by atoms with van der Waals surface area (Å²) in [5.74, 6) is -0.663. The fourth-order valence-electron chi connectivity index (χ4n) is 5.20. The van der Waals surface area contributed by atoms with E-state index in [1.165, 1.54) is 5.69 Å². The SMILES string of the molecule is C.CC1CCn2c(C(=O)c3ccccc3)ccc21.O=C(c1ccccc1)c1ccc2n1CCC2C(=O)O. The van der Waals surface area contributed by atoms with Gasteiger partial charge >= 0.3 is 5.97 Å². The molecular weight excluding hydrogens is 464 g/mol. The summed E-state index contributed by atoms with van der Waals surface area (Å²) in [6.07, 6.45) is 1.70. The maximum atomic E-state index is 12.4. The van der Waals surface area contributed by atoms with Crippen LogP contribution in [0, 0.1) is 0 Å². The van der Waals surface area contributed by atoms with Gasteiger partial charge in [0.2, 0.25) is 11.6 Å². The first-order chi connectivity index (χ1) is 17.5. The Kier molecular flexibility index (Phi) is 7.58. The maximum absolute atomic E-state index is 12.4. The van der Waals surface area contributed by atoms with Crippen molar-refractivity contribution in [3.8, 4) is 0 Å². The summed E-state index contributed by atoms with van der Waals surface area (Å²) in [6, 6.07) is 26.1. The zero-order valence-corrected chi connectivity index (χ0v) is 20.1. The second kappa shape index (κ2) is 10.8. The lowest BCUT2D eigenvalue weighted by molar-refractivity contribution is -0.138. The average Bonchev–Trinajstić information content (AvgIpc) is 3.68. The van der Waals surface area contributed by atoms with Crippen LogP contribution in [0.1, 0.15) is 82.5 Å². The van der Waals surface area contributed by atoms with Crippen LogP contribution in [0.5, 0.6) is 0 Å². The summed E-state index contributed by atoms with van der Waals surface area (Å²) in [4.78, 5) is 35.8. The Morgan fingerprint density at radius 1 is 0.676 bits per heavy atom. The third-order valence-electron chi connectivity index (χ3n) is 7.15. The van der Waals surface area contributed by atoms with E-state index in [0.29, 0.717) is 30.1 Å². The highest BCUT2D eigenvalue weighted by molar-refractivity contribution is 6.08. The van der Waals surface area contributed by atoms with Crippen LogP contribution < -0.4 is 0 Å². The van der Waals surface area contributed by atoms with Crippen LogP contribution in [0.25, 0.3) is 0 Å². The van der Waals surface area contributed by atoms with Gasteiger partial charge in [0.15, 0.2) is 0 Å². The van der Waals surface area contributed by atoms with E-state index in [2.05, 4.69) is 17.6 Å². The molecule has 0 spiro atoms. The van der Waals surface area contributed by atoms with Gasteiger partial charge in [0.25, 0.3) is 0 Å². The topological polar surface area (TPSA) is 81.3 Å². The number of benzene rings is 2. The summed E-state index contributed by atoms with van der Waals surface area (Å²) in [5, 5.41) is 9.13. The molecule has 6 nitrogen and oxygen atoms in total. The largest absolute Gasteiger partial charge is 0.481 e. The Morgan fingerprint density at radius 2 is 1.14 bits per heavy atom. The van der Waals surface area contributed by atoms with E-state index in [1.807, 2.05) is 59.2 Å². The highest BCUT2D eigenvalue weighted by Gasteiger charge is 2.31. The fraction of sp³-hybridized carbons (Fsp3) is 0.258. The van der Waals surface area contributed by atoms with Crippen LogP contribution >= 0.6 is 0 Å². The Labute approximate surface area is 217 Å². The summed E-state index contributed by atoms with van der Waals surface area (Å²) in [7, 11) is 0. The lowest BCUT2D eigenvalue weighted by Crippen LogP contribution is -2.09. The molecule has 2 aliphatic heterocycles. The quantitative estimate of drug-likeness (QED) is 0.336. The molecule has 2 aromatic heterocycles. The number of hydrogen-bond acceptors (Lipinski definition) is 3. The van der Waals surface area contributed by atoms with E-state index in [9.17, 15) is 14.4 Å². The van der Waals surface area contributed by atoms with Crippen LogP contribution in [0.4, 0.5) is 0 Å². The van der Waals surface area contributed by atoms with Gasteiger partial charge in [-0.1, -0.05) is 75.0 Å². The third kappa shape index (κ3) is 4.92. The number of carboxylic acids is 1. The lowest BCUT2D eigenvalue weighted by atomic mass is 10.1. The van der Waals surface area contributed by atoms with E-state index in [0.717, 1.165) is 29.9 Å². The molecule has 0 saturated carbocycles. The van der Waals surface area contributed by atoms with Gasteiger partial charge in [-0.05, 0) is 43.0 Å². The van der Waals surface area contributed by atoms with Gasteiger partial charge in [0.05, 0.1) is 17.3 Å². The summed E-state index contributed by atoms with van der Waals surface area (Å²) >= 11 is 0. The van der Waals surface area contributed by atoms with Crippen LogP contribution in [-0.2, 0) is 17.9 Å². The van der Waals surface area contributed by atoms with Gasteiger partial charge in [-0.25, -0.2) is 0 Å². The number of aromatic nitrogens is 2. The molecule has 6 heteroatoms. The molecule has 4 heterocycles. The molecule has 37 heavy (non-hydrogen) atoms. The molecule has 2 unspecified atom stereocenters. The monoisotopic (exact) mass is 496 g/mol. The predicted molar refractivity (Wildman–Crippen MR) is 143 cm³/mol. The minimum Gasteiger partial charge on any atom is -0.481 e. The number of aliphatic carboxylic acids is 1. The van der Waals surface area contributed by atoms with Crippen molar-refractivity contribution in [3.05, 3.63) is 119 Å². The van der Waals surface area contributed by atoms with Crippen LogP contribution in [0.3, 0.4) is 0 Å². The predicted octanol–water partition coefficient (Wildman–Crippen LogP) is 6.15. The van der Waals surface area contributed by atoms with Crippen molar-refractivity contribution < 1.29 is 19.5 Å². The Morgan fingerprint density at radius 3 is 1.65 bits per heavy atom. The van der Waals surface area contributed by atoms with Gasteiger partial charge in [-0.3, -0.25) is 14.4 Å². The van der Waals surface area contributed by atoms with Gasteiger partial charge in [0, 0.05) is 35.6 Å². The van der Waals surface area contributed by atoms with Crippen molar-refractivity contribution in [2.24, 2.45) is 0 Å². The van der Waals surface area contributed by atoms with Crippen LogP contribution in [0.2, 0.25) is 0 Å². The number of nitrogens with zero attached hydrogens (tertiary/aromatic N) is 2. The van der Waals surface area contributed by atoms with E-state index in [4.69, 9.17) is 5.11 Å². The molecule has 0 fully saturated rings. The third-order valence-corrected chi connectivity index (χ3v) is 7.15. The molecule has 6 rings (SSSR count). The van der Waals surface area contributed by atoms with Crippen molar-refractivity contribution in [1.82, 2.24) is 9.13 Å². The van der Waals surface area contributed by atoms with Crippen LogP contribution in [-0.4, -0.2) is 31.8 Å². The Hall–Kier alpha value is -4.19.